The molecule has 0 atom stereocenters. The lowest BCUT2D eigenvalue weighted by Crippen LogP contribution is -2.30. The van der Waals surface area contributed by atoms with Gasteiger partial charge in [0, 0.05) is 5.38 Å². The highest BCUT2D eigenvalue weighted by atomic mass is 32.1. The topological polar surface area (TPSA) is 118 Å². The van der Waals surface area contributed by atoms with Crippen molar-refractivity contribution in [2.24, 2.45) is 5.16 Å². The fourth-order valence-corrected chi connectivity index (χ4v) is 3.47. The molecular weight excluding hydrogens is 368 g/mol. The summed E-state index contributed by atoms with van der Waals surface area (Å²) >= 11 is 1.21. The third-order valence-corrected chi connectivity index (χ3v) is 4.97. The van der Waals surface area contributed by atoms with Crippen LogP contribution < -0.4 is 10.6 Å². The summed E-state index contributed by atoms with van der Waals surface area (Å²) in [5, 5.41) is 13.8. The highest BCUT2D eigenvalue weighted by molar-refractivity contribution is 7.13. The Kier molecular flexibility index (Phi) is 4.97. The van der Waals surface area contributed by atoms with E-state index in [2.05, 4.69) is 20.5 Å². The van der Waals surface area contributed by atoms with Gasteiger partial charge < -0.3 is 15.4 Å². The Morgan fingerprint density at radius 1 is 1.26 bits per heavy atom. The summed E-state index contributed by atoms with van der Waals surface area (Å²) in [7, 11) is 0. The molecule has 1 aliphatic rings. The quantitative estimate of drug-likeness (QED) is 0.406. The number of carbonyl (C=O) groups is 1. The Morgan fingerprint density at radius 3 is 2.85 bits per heavy atom. The monoisotopic (exact) mass is 386 g/mol. The molecule has 0 amide bonds. The molecule has 0 radical (unpaired) electrons. The van der Waals surface area contributed by atoms with Crippen molar-refractivity contribution in [3.63, 3.8) is 0 Å². The van der Waals surface area contributed by atoms with Crippen LogP contribution >= 0.6 is 11.3 Å². The molecule has 0 unspecified atom stereocenters. The summed E-state index contributed by atoms with van der Waals surface area (Å²) in [5.74, 6) is -0.744. The fourth-order valence-electron chi connectivity index (χ4n) is 2.92. The standard InChI is InChI=1S/C17H18N6O3S/c18-17-19-13(10-27-17)15(21-25-11-6-2-1-3-7-11)16(24)26-23-14-9-5-4-8-12(14)20-22-23/h4-5,8-11H,1-3,6-7H2,(H2,18,19)/b21-15-. The summed E-state index contributed by atoms with van der Waals surface area (Å²) in [6.07, 6.45) is 5.20. The van der Waals surface area contributed by atoms with Crippen molar-refractivity contribution in [1.29, 1.82) is 0 Å². The minimum atomic E-state index is -0.744. The molecule has 140 valence electrons. The average molecular weight is 386 g/mol. The molecule has 2 aromatic heterocycles. The zero-order valence-corrected chi connectivity index (χ0v) is 15.3. The Hall–Kier alpha value is -3.01. The van der Waals surface area contributed by atoms with Crippen molar-refractivity contribution in [3.05, 3.63) is 35.3 Å². The van der Waals surface area contributed by atoms with E-state index in [1.54, 1.807) is 23.6 Å². The number of hydrogen-bond acceptors (Lipinski definition) is 9. The van der Waals surface area contributed by atoms with Crippen LogP contribution in [0.5, 0.6) is 0 Å². The highest BCUT2D eigenvalue weighted by Crippen LogP contribution is 2.21. The Bertz CT molecular complexity index is 976. The van der Waals surface area contributed by atoms with Gasteiger partial charge in [0.2, 0.25) is 5.71 Å². The molecule has 0 saturated heterocycles. The van der Waals surface area contributed by atoms with Gasteiger partial charge in [-0.05, 0) is 43.0 Å². The van der Waals surface area contributed by atoms with E-state index < -0.39 is 5.97 Å². The molecule has 0 spiro atoms. The van der Waals surface area contributed by atoms with E-state index >= 15 is 0 Å². The first-order valence-electron chi connectivity index (χ1n) is 8.69. The first kappa shape index (κ1) is 17.4. The van der Waals surface area contributed by atoms with Crippen LogP contribution in [0.4, 0.5) is 5.13 Å². The van der Waals surface area contributed by atoms with Crippen molar-refractivity contribution < 1.29 is 14.5 Å². The SMILES string of the molecule is Nc1nc(/C(=N/OC2CCCCC2)C(=O)On2nnc3ccccc32)cs1. The van der Waals surface area contributed by atoms with Gasteiger partial charge in [0.25, 0.3) is 0 Å². The number of nitrogen functional groups attached to an aromatic ring is 1. The molecule has 2 N–H and O–H groups in total. The number of hydrogen-bond donors (Lipinski definition) is 1. The van der Waals surface area contributed by atoms with Crippen LogP contribution in [0.1, 0.15) is 37.8 Å². The van der Waals surface area contributed by atoms with E-state index in [9.17, 15) is 4.79 Å². The maximum atomic E-state index is 12.7. The Morgan fingerprint density at radius 2 is 2.07 bits per heavy atom. The molecule has 0 aliphatic heterocycles. The van der Waals surface area contributed by atoms with Crippen LogP contribution in [-0.2, 0) is 9.63 Å². The number of rotatable bonds is 5. The van der Waals surface area contributed by atoms with Gasteiger partial charge in [0.1, 0.15) is 22.8 Å². The zero-order valence-electron chi connectivity index (χ0n) is 14.4. The van der Waals surface area contributed by atoms with Crippen molar-refractivity contribution in [2.45, 2.75) is 38.2 Å². The molecule has 1 aromatic carbocycles. The first-order chi connectivity index (χ1) is 13.2. The molecule has 1 aliphatic carbocycles. The van der Waals surface area contributed by atoms with Gasteiger partial charge in [-0.2, -0.15) is 0 Å². The summed E-state index contributed by atoms with van der Waals surface area (Å²) in [6, 6.07) is 7.15. The first-order valence-corrected chi connectivity index (χ1v) is 9.57. The minimum Gasteiger partial charge on any atom is -0.392 e. The second-order valence-electron chi connectivity index (χ2n) is 6.21. The van der Waals surface area contributed by atoms with Crippen molar-refractivity contribution >= 4 is 39.2 Å². The largest absolute Gasteiger partial charge is 0.392 e. The summed E-state index contributed by atoms with van der Waals surface area (Å²) < 4.78 is 0. The van der Waals surface area contributed by atoms with Gasteiger partial charge >= 0.3 is 5.97 Å². The molecule has 4 rings (SSSR count). The molecule has 0 bridgehead atoms. The van der Waals surface area contributed by atoms with Crippen LogP contribution in [0.15, 0.2) is 34.8 Å². The van der Waals surface area contributed by atoms with Gasteiger partial charge in [0.15, 0.2) is 5.13 Å². The van der Waals surface area contributed by atoms with Gasteiger partial charge in [-0.15, -0.1) is 16.4 Å². The summed E-state index contributed by atoms with van der Waals surface area (Å²) in [4.78, 5) is 28.9. The van der Waals surface area contributed by atoms with Crippen LogP contribution in [0.3, 0.4) is 0 Å². The van der Waals surface area contributed by atoms with E-state index in [0.717, 1.165) is 30.5 Å². The van der Waals surface area contributed by atoms with Gasteiger partial charge in [0.05, 0.1) is 0 Å². The molecule has 3 aromatic rings. The highest BCUT2D eigenvalue weighted by Gasteiger charge is 2.24. The fraction of sp³-hybridized carbons (Fsp3) is 0.353. The summed E-state index contributed by atoms with van der Waals surface area (Å²) in [6.45, 7) is 0. The van der Waals surface area contributed by atoms with E-state index in [0.29, 0.717) is 21.9 Å². The van der Waals surface area contributed by atoms with Gasteiger partial charge in [-0.25, -0.2) is 9.78 Å². The second kappa shape index (κ2) is 7.70. The number of nitrogens with zero attached hydrogens (tertiary/aromatic N) is 5. The maximum Gasteiger partial charge on any atom is 0.389 e. The lowest BCUT2D eigenvalue weighted by molar-refractivity contribution is -0.137. The van der Waals surface area contributed by atoms with Crippen molar-refractivity contribution in [3.8, 4) is 0 Å². The molecule has 9 nitrogen and oxygen atoms in total. The van der Waals surface area contributed by atoms with Gasteiger partial charge in [-0.1, -0.05) is 28.6 Å². The number of anilines is 1. The molecular formula is C17H18N6O3S. The zero-order chi connectivity index (χ0) is 18.6. The van der Waals surface area contributed by atoms with E-state index in [1.165, 1.54) is 17.8 Å². The number of benzene rings is 1. The lowest BCUT2D eigenvalue weighted by atomic mass is 9.98. The number of fused-ring (bicyclic) bond motifs is 1. The smallest absolute Gasteiger partial charge is 0.389 e. The average Bonchev–Trinajstić information content (AvgIpc) is 3.30. The number of nitrogens with two attached hydrogens (primary N) is 1. The molecule has 27 heavy (non-hydrogen) atoms. The number of thiazole rings is 1. The van der Waals surface area contributed by atoms with Crippen molar-refractivity contribution in [1.82, 2.24) is 20.1 Å². The van der Waals surface area contributed by atoms with E-state index in [1.807, 2.05) is 6.07 Å². The van der Waals surface area contributed by atoms with Crippen LogP contribution in [-0.4, -0.2) is 37.9 Å². The Labute approximate surface area is 158 Å². The third kappa shape index (κ3) is 3.90. The molecule has 1 fully saturated rings. The van der Waals surface area contributed by atoms with Crippen LogP contribution in [0, 0.1) is 0 Å². The number of oxime groups is 1. The number of aromatic nitrogens is 4. The Balaban J connectivity index is 1.58. The maximum absolute atomic E-state index is 12.7. The summed E-state index contributed by atoms with van der Waals surface area (Å²) in [5.41, 5.74) is 7.14. The normalized spacial score (nSPS) is 15.8. The van der Waals surface area contributed by atoms with Crippen LogP contribution in [0.25, 0.3) is 11.0 Å². The van der Waals surface area contributed by atoms with E-state index in [4.69, 9.17) is 15.4 Å². The predicted octanol–water partition coefficient (Wildman–Crippen LogP) is 2.18. The lowest BCUT2D eigenvalue weighted by Gasteiger charge is -2.19. The van der Waals surface area contributed by atoms with Crippen LogP contribution in [0.2, 0.25) is 0 Å². The second-order valence-corrected chi connectivity index (χ2v) is 7.10. The molecule has 10 heteroatoms. The van der Waals surface area contributed by atoms with E-state index in [-0.39, 0.29) is 11.8 Å². The third-order valence-electron chi connectivity index (χ3n) is 4.29. The predicted molar refractivity (Wildman–Crippen MR) is 100 cm³/mol. The van der Waals surface area contributed by atoms with Crippen molar-refractivity contribution in [2.75, 3.05) is 5.73 Å². The number of carbonyl (C=O) groups excluding carboxylic acids is 1. The minimum absolute atomic E-state index is 0.00951. The molecule has 2 heterocycles. The van der Waals surface area contributed by atoms with Gasteiger partial charge in [-0.3, -0.25) is 0 Å². The number of para-hydroxylation sites is 1. The molecule has 1 saturated carbocycles.